The first-order valence-electron chi connectivity index (χ1n) is 8.69. The van der Waals surface area contributed by atoms with Crippen molar-refractivity contribution < 1.29 is 48.0 Å². The molecule has 0 saturated heterocycles. The number of rotatable bonds is 8. The molecule has 0 saturated carbocycles. The molecular weight excluding hydrogens is 402 g/mol. The van der Waals surface area contributed by atoms with Crippen LogP contribution in [0.1, 0.15) is 79.1 Å². The summed E-state index contributed by atoms with van der Waals surface area (Å²) in [5.74, 6) is 0. The predicted molar refractivity (Wildman–Crippen MR) is 89.9 cm³/mol. The molecular formula is C20H30Cl2Zr. The van der Waals surface area contributed by atoms with Crippen LogP contribution < -0.4 is 24.8 Å². The maximum Gasteiger partial charge on any atom is -1.00 e. The Balaban J connectivity index is 0.00000242. The largest absolute Gasteiger partial charge is 1.00 e. The van der Waals surface area contributed by atoms with Gasteiger partial charge in [0.05, 0.1) is 0 Å². The number of hydrogen-bond donors (Lipinski definition) is 0. The molecule has 23 heavy (non-hydrogen) atoms. The van der Waals surface area contributed by atoms with Crippen LogP contribution >= 0.6 is 0 Å². The molecule has 0 fully saturated rings. The zero-order valence-electron chi connectivity index (χ0n) is 15.1. The minimum absolute atomic E-state index is 0. The van der Waals surface area contributed by atoms with E-state index < -0.39 is 23.2 Å². The van der Waals surface area contributed by atoms with Crippen molar-refractivity contribution in [3.05, 3.63) is 41.0 Å². The molecule has 2 aliphatic carbocycles. The van der Waals surface area contributed by atoms with E-state index in [1.54, 1.807) is 22.3 Å². The Morgan fingerprint density at radius 3 is 1.52 bits per heavy atom. The van der Waals surface area contributed by atoms with E-state index in [-0.39, 0.29) is 24.8 Å². The van der Waals surface area contributed by atoms with Gasteiger partial charge in [-0.3, -0.25) is 0 Å². The smallest absolute Gasteiger partial charge is 1.00 e. The fourth-order valence-corrected chi connectivity index (χ4v) is 6.99. The van der Waals surface area contributed by atoms with Crippen molar-refractivity contribution in [2.75, 3.05) is 0 Å². The molecule has 0 radical (unpaired) electrons. The Kier molecular flexibility index (Phi) is 12.1. The first-order valence-corrected chi connectivity index (χ1v) is 11.1. The summed E-state index contributed by atoms with van der Waals surface area (Å²) in [7, 11) is 0. The van der Waals surface area contributed by atoms with E-state index in [1.807, 2.05) is 6.56 Å². The minimum atomic E-state index is -0.500. The number of hydrogen-bond acceptors (Lipinski definition) is 0. The molecule has 0 atom stereocenters. The Morgan fingerprint density at radius 2 is 1.17 bits per heavy atom. The molecule has 0 aliphatic heterocycles. The molecule has 0 N–H and O–H groups in total. The number of unbranched alkanes of at least 4 members (excludes halogenated alkanes) is 2. The van der Waals surface area contributed by atoms with Gasteiger partial charge in [0, 0.05) is 0 Å². The van der Waals surface area contributed by atoms with Crippen molar-refractivity contribution in [2.45, 2.75) is 79.1 Å². The van der Waals surface area contributed by atoms with Crippen molar-refractivity contribution in [3.8, 4) is 0 Å². The van der Waals surface area contributed by atoms with Crippen LogP contribution in [0.3, 0.4) is 0 Å². The van der Waals surface area contributed by atoms with E-state index in [0.717, 1.165) is 0 Å². The van der Waals surface area contributed by atoms with Crippen LogP contribution in [0, 0.1) is 0 Å². The molecule has 0 aromatic rings. The standard InChI is InChI=1S/2C10H15.2ClH.Zr/c2*1-3-4-5-10-7-6-9(2)8-10;;;/h2*8H,3-5,7H2,1-2H3;2*1H;/q;;;;+2/p-2. The Bertz CT molecular complexity index is 464. The van der Waals surface area contributed by atoms with Crippen LogP contribution in [0.2, 0.25) is 0 Å². The SMILES string of the molecule is CCCCC1=CC(C)=[C]([Zr+2][C]2=C(C)C=C(CCCC)C2)C1.[Cl-].[Cl-]. The molecule has 0 nitrogen and oxygen atoms in total. The van der Waals surface area contributed by atoms with Gasteiger partial charge in [0.1, 0.15) is 0 Å². The molecule has 0 unspecified atom stereocenters. The summed E-state index contributed by atoms with van der Waals surface area (Å²) >= 11 is -0.500. The summed E-state index contributed by atoms with van der Waals surface area (Å²) in [6.07, 6.45) is 15.7. The monoisotopic (exact) mass is 430 g/mol. The average Bonchev–Trinajstić information content (AvgIpc) is 2.98. The van der Waals surface area contributed by atoms with Crippen molar-refractivity contribution in [3.63, 3.8) is 0 Å². The van der Waals surface area contributed by atoms with Crippen LogP contribution in [0.4, 0.5) is 0 Å². The Morgan fingerprint density at radius 1 is 0.783 bits per heavy atom. The van der Waals surface area contributed by atoms with Crippen molar-refractivity contribution >= 4 is 0 Å². The van der Waals surface area contributed by atoms with E-state index >= 15 is 0 Å². The summed E-state index contributed by atoms with van der Waals surface area (Å²) in [4.78, 5) is 0. The summed E-state index contributed by atoms with van der Waals surface area (Å²) in [5, 5.41) is 0. The molecule has 128 valence electrons. The maximum absolute atomic E-state index is 2.50. The normalized spacial score (nSPS) is 16.7. The summed E-state index contributed by atoms with van der Waals surface area (Å²) in [6.45, 7) is 9.30. The van der Waals surface area contributed by atoms with Gasteiger partial charge in [-0.25, -0.2) is 0 Å². The van der Waals surface area contributed by atoms with Gasteiger partial charge in [-0.2, -0.15) is 0 Å². The van der Waals surface area contributed by atoms with Gasteiger partial charge >= 0.3 is 143 Å². The van der Waals surface area contributed by atoms with Gasteiger partial charge in [-0.15, -0.1) is 0 Å². The first-order chi connectivity index (χ1) is 10.1. The maximum atomic E-state index is 2.50. The van der Waals surface area contributed by atoms with Gasteiger partial charge in [-0.1, -0.05) is 0 Å². The molecule has 2 rings (SSSR count). The third-order valence-corrected chi connectivity index (χ3v) is 8.90. The van der Waals surface area contributed by atoms with E-state index in [4.69, 9.17) is 0 Å². The number of allylic oxidation sites excluding steroid dienone is 8. The zero-order valence-corrected chi connectivity index (χ0v) is 19.0. The second-order valence-corrected chi connectivity index (χ2v) is 10.2. The van der Waals surface area contributed by atoms with E-state index in [2.05, 4.69) is 39.8 Å². The zero-order chi connectivity index (χ0) is 15.2. The van der Waals surface area contributed by atoms with Crippen molar-refractivity contribution in [2.24, 2.45) is 0 Å². The van der Waals surface area contributed by atoms with Crippen LogP contribution in [0.5, 0.6) is 0 Å². The molecule has 2 aliphatic rings. The van der Waals surface area contributed by atoms with Gasteiger partial charge in [0.2, 0.25) is 0 Å². The van der Waals surface area contributed by atoms with Crippen molar-refractivity contribution in [1.82, 2.24) is 0 Å². The third-order valence-electron chi connectivity index (χ3n) is 4.61. The summed E-state index contributed by atoms with van der Waals surface area (Å²) < 4.78 is 3.70. The second-order valence-electron chi connectivity index (χ2n) is 6.61. The topological polar surface area (TPSA) is 0 Å². The Hall–Kier alpha value is 0.423. The quantitative estimate of drug-likeness (QED) is 0.529. The molecule has 0 aromatic heterocycles. The van der Waals surface area contributed by atoms with Crippen molar-refractivity contribution in [1.29, 1.82) is 0 Å². The molecule has 0 amide bonds. The van der Waals surface area contributed by atoms with Crippen LogP contribution in [-0.2, 0) is 23.2 Å². The fourth-order valence-electron chi connectivity index (χ4n) is 3.22. The van der Waals surface area contributed by atoms with Gasteiger partial charge in [0.15, 0.2) is 0 Å². The molecule has 0 heterocycles. The van der Waals surface area contributed by atoms with E-state index in [1.165, 1.54) is 51.4 Å². The van der Waals surface area contributed by atoms with Gasteiger partial charge < -0.3 is 24.8 Å². The molecule has 0 aromatic carbocycles. The van der Waals surface area contributed by atoms with Crippen LogP contribution in [-0.4, -0.2) is 0 Å². The molecule has 0 bridgehead atoms. The average molecular weight is 433 g/mol. The van der Waals surface area contributed by atoms with E-state index in [9.17, 15) is 0 Å². The summed E-state index contributed by atoms with van der Waals surface area (Å²) in [5.41, 5.74) is 6.66. The molecule has 3 heteroatoms. The minimum Gasteiger partial charge on any atom is -1.00 e. The number of halogens is 2. The first kappa shape index (κ1) is 23.4. The van der Waals surface area contributed by atoms with E-state index in [0.29, 0.717) is 0 Å². The summed E-state index contributed by atoms with van der Waals surface area (Å²) in [6, 6.07) is 0. The van der Waals surface area contributed by atoms with Gasteiger partial charge in [0.25, 0.3) is 0 Å². The van der Waals surface area contributed by atoms with Gasteiger partial charge in [-0.05, 0) is 0 Å². The predicted octanol–water partition coefficient (Wildman–Crippen LogP) is 0.666. The van der Waals surface area contributed by atoms with Crippen LogP contribution in [0.25, 0.3) is 0 Å². The third kappa shape index (κ3) is 7.05. The fraction of sp³-hybridized carbons (Fsp3) is 0.600. The molecule has 0 spiro atoms. The Labute approximate surface area is 167 Å². The second kappa shape index (κ2) is 11.9. The van der Waals surface area contributed by atoms with Crippen LogP contribution in [0.15, 0.2) is 41.0 Å².